The molecule has 0 fully saturated rings. The van der Waals surface area contributed by atoms with Crippen LogP contribution in [0, 0.1) is 0 Å². The summed E-state index contributed by atoms with van der Waals surface area (Å²) in [5.41, 5.74) is 3.08. The molecule has 8 nitrogen and oxygen atoms in total. The summed E-state index contributed by atoms with van der Waals surface area (Å²) < 4.78 is 38.0. The zero-order valence-corrected chi connectivity index (χ0v) is 16.7. The van der Waals surface area contributed by atoms with Gasteiger partial charge in [0.25, 0.3) is 5.91 Å². The lowest BCUT2D eigenvalue weighted by Crippen LogP contribution is -2.24. The van der Waals surface area contributed by atoms with Crippen LogP contribution in [0.1, 0.15) is 46.9 Å². The van der Waals surface area contributed by atoms with E-state index in [9.17, 15) is 22.8 Å². The Balaban J connectivity index is 1.56. The van der Waals surface area contributed by atoms with Gasteiger partial charge in [0.1, 0.15) is 0 Å². The summed E-state index contributed by atoms with van der Waals surface area (Å²) in [4.78, 5) is 32.3. The van der Waals surface area contributed by atoms with Crippen LogP contribution in [0.25, 0.3) is 5.65 Å². The van der Waals surface area contributed by atoms with Crippen molar-refractivity contribution in [2.45, 2.75) is 45.5 Å². The molecule has 31 heavy (non-hydrogen) atoms. The molecule has 0 aliphatic heterocycles. The minimum absolute atomic E-state index is 0.0416. The Labute approximate surface area is 175 Å². The van der Waals surface area contributed by atoms with Gasteiger partial charge in [-0.05, 0) is 29.7 Å². The smallest absolute Gasteiger partial charge is 0.352 e. The summed E-state index contributed by atoms with van der Waals surface area (Å²) in [5.74, 6) is -0.958. The fourth-order valence-electron chi connectivity index (χ4n) is 2.77. The van der Waals surface area contributed by atoms with E-state index in [-0.39, 0.29) is 19.0 Å². The van der Waals surface area contributed by atoms with Crippen LogP contribution in [0.4, 0.5) is 13.2 Å². The van der Waals surface area contributed by atoms with E-state index in [4.69, 9.17) is 0 Å². The normalized spacial score (nSPS) is 11.5. The molecule has 2 N–H and O–H groups in total. The molecule has 3 heterocycles. The van der Waals surface area contributed by atoms with Crippen LogP contribution in [0.5, 0.6) is 0 Å². The number of pyridine rings is 1. The molecule has 0 aliphatic rings. The number of nitrogens with zero attached hydrogens (tertiary/aromatic N) is 4. The number of fused-ring (bicyclic) bond motifs is 1. The Morgan fingerprint density at radius 2 is 1.87 bits per heavy atom. The van der Waals surface area contributed by atoms with E-state index in [2.05, 4.69) is 25.7 Å². The highest BCUT2D eigenvalue weighted by atomic mass is 19.4. The van der Waals surface area contributed by atoms with Gasteiger partial charge in [-0.15, -0.1) is 0 Å². The maximum Gasteiger partial charge on any atom is 0.389 e. The predicted octanol–water partition coefficient (Wildman–Crippen LogP) is 2.58. The number of aromatic nitrogens is 4. The number of alkyl halides is 3. The molecule has 0 unspecified atom stereocenters. The van der Waals surface area contributed by atoms with Crippen LogP contribution in [0.3, 0.4) is 0 Å². The Morgan fingerprint density at radius 3 is 2.61 bits per heavy atom. The second-order valence-electron chi connectivity index (χ2n) is 6.91. The molecule has 2 amide bonds. The van der Waals surface area contributed by atoms with E-state index in [1.165, 1.54) is 16.9 Å². The Hall–Kier alpha value is -3.50. The fraction of sp³-hybridized carbons (Fsp3) is 0.350. The van der Waals surface area contributed by atoms with Crippen molar-refractivity contribution >= 4 is 17.5 Å². The largest absolute Gasteiger partial charge is 0.389 e. The Bertz CT molecular complexity index is 1080. The van der Waals surface area contributed by atoms with Crippen molar-refractivity contribution in [2.75, 3.05) is 0 Å². The van der Waals surface area contributed by atoms with Crippen LogP contribution >= 0.6 is 0 Å². The Morgan fingerprint density at radius 1 is 1.06 bits per heavy atom. The highest BCUT2D eigenvalue weighted by molar-refractivity contribution is 5.93. The Kier molecular flexibility index (Phi) is 6.83. The van der Waals surface area contributed by atoms with Crippen molar-refractivity contribution in [1.29, 1.82) is 0 Å². The minimum Gasteiger partial charge on any atom is -0.352 e. The number of hydrogen-bond donors (Lipinski definition) is 2. The van der Waals surface area contributed by atoms with E-state index in [0.29, 0.717) is 22.5 Å². The average Bonchev–Trinajstić information content (AvgIpc) is 3.16. The molecule has 164 valence electrons. The molecular weight excluding hydrogens is 413 g/mol. The number of aryl methyl sites for hydroxylation is 1. The van der Waals surface area contributed by atoms with E-state index < -0.39 is 24.9 Å². The zero-order chi connectivity index (χ0) is 22.4. The summed E-state index contributed by atoms with van der Waals surface area (Å²) in [5, 5.41) is 9.38. The molecule has 0 bridgehead atoms. The van der Waals surface area contributed by atoms with Gasteiger partial charge in [0.05, 0.1) is 36.6 Å². The SMILES string of the molecule is CCc1cncc(C(=O)NCc2cn3ncc(CNC(=O)CCC(F)(F)F)cc3n2)c1. The maximum absolute atomic E-state index is 12.3. The first-order valence-electron chi connectivity index (χ1n) is 9.62. The second-order valence-corrected chi connectivity index (χ2v) is 6.91. The van der Waals surface area contributed by atoms with Gasteiger partial charge in [-0.2, -0.15) is 18.3 Å². The van der Waals surface area contributed by atoms with Crippen LogP contribution in [0.15, 0.2) is 36.9 Å². The fourth-order valence-corrected chi connectivity index (χ4v) is 2.77. The summed E-state index contributed by atoms with van der Waals surface area (Å²) in [6.45, 7) is 2.20. The van der Waals surface area contributed by atoms with Gasteiger partial charge in [0.2, 0.25) is 5.91 Å². The van der Waals surface area contributed by atoms with Crippen molar-refractivity contribution in [3.05, 3.63) is 59.3 Å². The summed E-state index contributed by atoms with van der Waals surface area (Å²) in [6, 6.07) is 3.44. The first-order valence-corrected chi connectivity index (χ1v) is 9.62. The number of hydrogen-bond acceptors (Lipinski definition) is 5. The van der Waals surface area contributed by atoms with Crippen molar-refractivity contribution in [3.63, 3.8) is 0 Å². The summed E-state index contributed by atoms with van der Waals surface area (Å²) in [6.07, 6.45) is 0.973. The predicted molar refractivity (Wildman–Crippen MR) is 105 cm³/mol. The van der Waals surface area contributed by atoms with Crippen molar-refractivity contribution < 1.29 is 22.8 Å². The molecule has 3 aromatic heterocycles. The summed E-state index contributed by atoms with van der Waals surface area (Å²) in [7, 11) is 0. The van der Waals surface area contributed by atoms with Gasteiger partial charge in [-0.1, -0.05) is 6.92 Å². The first kappa shape index (κ1) is 22.2. The number of carbonyl (C=O) groups is 2. The molecule has 3 aromatic rings. The molecule has 0 aromatic carbocycles. The van der Waals surface area contributed by atoms with Gasteiger partial charge in [-0.3, -0.25) is 14.6 Å². The van der Waals surface area contributed by atoms with Crippen molar-refractivity contribution in [2.24, 2.45) is 0 Å². The minimum atomic E-state index is -4.37. The number of carbonyl (C=O) groups excluding carboxylic acids is 2. The first-order chi connectivity index (χ1) is 14.7. The molecule has 0 saturated carbocycles. The standard InChI is InChI=1S/C20H21F3N6O2/c1-2-13-5-15(10-24-7-13)19(31)26-11-16-12-29-17(28-16)6-14(9-27-29)8-25-18(30)3-4-20(21,22)23/h5-7,9-10,12H,2-4,8,11H2,1H3,(H,25,30)(H,26,31). The number of nitrogens with one attached hydrogen (secondary N) is 2. The van der Waals surface area contributed by atoms with Crippen LogP contribution < -0.4 is 10.6 Å². The number of imidazole rings is 1. The zero-order valence-electron chi connectivity index (χ0n) is 16.7. The number of rotatable bonds is 8. The van der Waals surface area contributed by atoms with Crippen molar-refractivity contribution in [3.8, 4) is 0 Å². The quantitative estimate of drug-likeness (QED) is 0.568. The number of halogens is 3. The third-order valence-electron chi connectivity index (χ3n) is 4.45. The monoisotopic (exact) mass is 434 g/mol. The second kappa shape index (κ2) is 9.54. The summed E-state index contributed by atoms with van der Waals surface area (Å²) >= 11 is 0. The lowest BCUT2D eigenvalue weighted by atomic mass is 10.1. The maximum atomic E-state index is 12.3. The molecule has 0 spiro atoms. The number of amides is 2. The molecular formula is C20H21F3N6O2. The van der Waals surface area contributed by atoms with Gasteiger partial charge >= 0.3 is 6.18 Å². The molecule has 11 heteroatoms. The molecule has 3 rings (SSSR count). The topological polar surface area (TPSA) is 101 Å². The van der Waals surface area contributed by atoms with Crippen LogP contribution in [-0.4, -0.2) is 37.6 Å². The van der Waals surface area contributed by atoms with Crippen LogP contribution in [0.2, 0.25) is 0 Å². The van der Waals surface area contributed by atoms with Gasteiger partial charge in [0.15, 0.2) is 5.65 Å². The van der Waals surface area contributed by atoms with Gasteiger partial charge < -0.3 is 10.6 Å². The highest BCUT2D eigenvalue weighted by Gasteiger charge is 2.27. The van der Waals surface area contributed by atoms with Crippen LogP contribution in [-0.2, 0) is 24.3 Å². The lowest BCUT2D eigenvalue weighted by molar-refractivity contribution is -0.144. The third-order valence-corrected chi connectivity index (χ3v) is 4.45. The molecule has 0 radical (unpaired) electrons. The van der Waals surface area contributed by atoms with E-state index >= 15 is 0 Å². The molecule has 0 aliphatic carbocycles. The molecule has 0 saturated heterocycles. The van der Waals surface area contributed by atoms with Gasteiger partial charge in [0, 0.05) is 25.4 Å². The lowest BCUT2D eigenvalue weighted by Gasteiger charge is -2.07. The van der Waals surface area contributed by atoms with E-state index in [1.807, 2.05) is 6.92 Å². The van der Waals surface area contributed by atoms with E-state index in [0.717, 1.165) is 12.0 Å². The third kappa shape index (κ3) is 6.49. The van der Waals surface area contributed by atoms with Crippen molar-refractivity contribution in [1.82, 2.24) is 30.2 Å². The highest BCUT2D eigenvalue weighted by Crippen LogP contribution is 2.21. The average molecular weight is 434 g/mol. The van der Waals surface area contributed by atoms with Gasteiger partial charge in [-0.25, -0.2) is 9.50 Å². The van der Waals surface area contributed by atoms with E-state index in [1.54, 1.807) is 24.5 Å². The molecule has 0 atom stereocenters.